The minimum Gasteiger partial charge on any atom is -0.329 e. The molecule has 88 valence electrons. The van der Waals surface area contributed by atoms with Crippen LogP contribution in [0.4, 0.5) is 0 Å². The molecule has 3 heteroatoms. The quantitative estimate of drug-likeness (QED) is 0.706. The third-order valence-electron chi connectivity index (χ3n) is 3.16. The fraction of sp³-hybridized carbons (Fsp3) is 0.0667. The number of nitrogens with zero attached hydrogens (tertiary/aromatic N) is 1. The maximum atomic E-state index is 11.7. The molecule has 0 aliphatic rings. The van der Waals surface area contributed by atoms with Gasteiger partial charge < -0.3 is 4.98 Å². The van der Waals surface area contributed by atoms with Crippen LogP contribution in [0.25, 0.3) is 22.0 Å². The van der Waals surface area contributed by atoms with Gasteiger partial charge >= 0.3 is 0 Å². The van der Waals surface area contributed by atoms with E-state index in [0.717, 1.165) is 27.6 Å². The molecular weight excluding hydrogens is 224 g/mol. The van der Waals surface area contributed by atoms with Crippen molar-refractivity contribution < 1.29 is 0 Å². The number of benzene rings is 1. The lowest BCUT2D eigenvalue weighted by atomic mass is 9.99. The molecule has 0 atom stereocenters. The van der Waals surface area contributed by atoms with Crippen molar-refractivity contribution >= 4 is 10.8 Å². The molecule has 2 heterocycles. The molecule has 0 aliphatic heterocycles. The monoisotopic (exact) mass is 236 g/mol. The molecule has 1 N–H and O–H groups in total. The van der Waals surface area contributed by atoms with Crippen LogP contribution in [0.2, 0.25) is 0 Å². The standard InChI is InChI=1S/C15H12N2O/c1-10-11-7-9-17-15(18)13(11)6-5-12(10)14-4-2-3-8-16-14/h2-9H,1H3,(H,17,18). The van der Waals surface area contributed by atoms with E-state index < -0.39 is 0 Å². The second-order valence-corrected chi connectivity index (χ2v) is 4.22. The van der Waals surface area contributed by atoms with Crippen molar-refractivity contribution in [1.82, 2.24) is 9.97 Å². The highest BCUT2D eigenvalue weighted by Crippen LogP contribution is 2.26. The summed E-state index contributed by atoms with van der Waals surface area (Å²) in [5.41, 5.74) is 3.02. The molecule has 0 saturated carbocycles. The summed E-state index contributed by atoms with van der Waals surface area (Å²) in [6.07, 6.45) is 3.45. The largest absolute Gasteiger partial charge is 0.329 e. The first-order valence-electron chi connectivity index (χ1n) is 5.80. The van der Waals surface area contributed by atoms with Crippen LogP contribution in [0.15, 0.2) is 53.6 Å². The molecule has 0 radical (unpaired) electrons. The average molecular weight is 236 g/mol. The van der Waals surface area contributed by atoms with Crippen molar-refractivity contribution in [2.24, 2.45) is 0 Å². The number of aromatic amines is 1. The Morgan fingerprint density at radius 3 is 2.72 bits per heavy atom. The first kappa shape index (κ1) is 10.7. The van der Waals surface area contributed by atoms with Gasteiger partial charge in [-0.25, -0.2) is 0 Å². The third kappa shape index (κ3) is 1.61. The predicted molar refractivity (Wildman–Crippen MR) is 72.5 cm³/mol. The maximum Gasteiger partial charge on any atom is 0.255 e. The highest BCUT2D eigenvalue weighted by Gasteiger charge is 2.07. The molecular formula is C15H12N2O. The fourth-order valence-electron chi connectivity index (χ4n) is 2.22. The number of H-pyrrole nitrogens is 1. The predicted octanol–water partition coefficient (Wildman–Crippen LogP) is 2.90. The molecule has 3 aromatic rings. The van der Waals surface area contributed by atoms with E-state index in [4.69, 9.17) is 0 Å². The molecule has 2 aromatic heterocycles. The lowest BCUT2D eigenvalue weighted by Crippen LogP contribution is -2.05. The summed E-state index contributed by atoms with van der Waals surface area (Å²) in [5.74, 6) is 0. The first-order chi connectivity index (χ1) is 8.77. The van der Waals surface area contributed by atoms with E-state index in [-0.39, 0.29) is 5.56 Å². The van der Waals surface area contributed by atoms with Crippen LogP contribution in [0.5, 0.6) is 0 Å². The lowest BCUT2D eigenvalue weighted by Gasteiger charge is -2.08. The average Bonchev–Trinajstić information content (AvgIpc) is 2.41. The normalized spacial score (nSPS) is 10.7. The maximum absolute atomic E-state index is 11.7. The zero-order valence-corrected chi connectivity index (χ0v) is 9.97. The zero-order chi connectivity index (χ0) is 12.5. The van der Waals surface area contributed by atoms with Gasteiger partial charge in [0, 0.05) is 23.3 Å². The van der Waals surface area contributed by atoms with E-state index in [1.165, 1.54) is 0 Å². The van der Waals surface area contributed by atoms with E-state index in [2.05, 4.69) is 9.97 Å². The number of fused-ring (bicyclic) bond motifs is 1. The van der Waals surface area contributed by atoms with Crippen LogP contribution < -0.4 is 5.56 Å². The Balaban J connectivity index is 2.34. The van der Waals surface area contributed by atoms with Crippen molar-refractivity contribution in [2.45, 2.75) is 6.92 Å². The molecule has 1 aromatic carbocycles. The van der Waals surface area contributed by atoms with Gasteiger partial charge in [0.15, 0.2) is 0 Å². The van der Waals surface area contributed by atoms with E-state index in [1.807, 2.05) is 43.3 Å². The second kappa shape index (κ2) is 4.11. The molecule has 3 nitrogen and oxygen atoms in total. The van der Waals surface area contributed by atoms with Crippen molar-refractivity contribution in [3.8, 4) is 11.3 Å². The molecule has 0 saturated heterocycles. The topological polar surface area (TPSA) is 45.8 Å². The van der Waals surface area contributed by atoms with Gasteiger partial charge in [0.25, 0.3) is 5.56 Å². The number of hydrogen-bond acceptors (Lipinski definition) is 2. The van der Waals surface area contributed by atoms with Gasteiger partial charge in [0.05, 0.1) is 5.69 Å². The highest BCUT2D eigenvalue weighted by atomic mass is 16.1. The molecule has 0 unspecified atom stereocenters. The molecule has 18 heavy (non-hydrogen) atoms. The number of nitrogens with one attached hydrogen (secondary N) is 1. The molecule has 0 fully saturated rings. The Morgan fingerprint density at radius 2 is 1.94 bits per heavy atom. The zero-order valence-electron chi connectivity index (χ0n) is 9.97. The smallest absolute Gasteiger partial charge is 0.255 e. The number of rotatable bonds is 1. The number of hydrogen-bond donors (Lipinski definition) is 1. The summed E-state index contributed by atoms with van der Waals surface area (Å²) in [6.45, 7) is 2.02. The minimum atomic E-state index is -0.0526. The number of aromatic nitrogens is 2. The van der Waals surface area contributed by atoms with Crippen LogP contribution in [0, 0.1) is 6.92 Å². The fourth-order valence-corrected chi connectivity index (χ4v) is 2.22. The summed E-state index contributed by atoms with van der Waals surface area (Å²) >= 11 is 0. The summed E-state index contributed by atoms with van der Waals surface area (Å²) < 4.78 is 0. The van der Waals surface area contributed by atoms with Crippen LogP contribution in [-0.4, -0.2) is 9.97 Å². The van der Waals surface area contributed by atoms with E-state index in [1.54, 1.807) is 12.4 Å². The highest BCUT2D eigenvalue weighted by molar-refractivity contribution is 5.90. The molecule has 0 bridgehead atoms. The Kier molecular flexibility index (Phi) is 2.45. The molecule has 0 aliphatic carbocycles. The Labute approximate surface area is 104 Å². The van der Waals surface area contributed by atoms with Gasteiger partial charge in [-0.1, -0.05) is 12.1 Å². The van der Waals surface area contributed by atoms with Crippen LogP contribution in [0.1, 0.15) is 5.56 Å². The lowest BCUT2D eigenvalue weighted by molar-refractivity contribution is 1.27. The van der Waals surface area contributed by atoms with E-state index in [9.17, 15) is 4.79 Å². The van der Waals surface area contributed by atoms with Crippen molar-refractivity contribution in [2.75, 3.05) is 0 Å². The van der Waals surface area contributed by atoms with Gasteiger partial charge in [-0.05, 0) is 42.1 Å². The van der Waals surface area contributed by atoms with Crippen molar-refractivity contribution in [3.63, 3.8) is 0 Å². The summed E-state index contributed by atoms with van der Waals surface area (Å²) in [5, 5.41) is 1.69. The van der Waals surface area contributed by atoms with Gasteiger partial charge in [-0.15, -0.1) is 0 Å². The van der Waals surface area contributed by atoms with Gasteiger partial charge in [-0.3, -0.25) is 9.78 Å². The molecule has 0 amide bonds. The second-order valence-electron chi connectivity index (χ2n) is 4.22. The third-order valence-corrected chi connectivity index (χ3v) is 3.16. The van der Waals surface area contributed by atoms with Gasteiger partial charge in [0.2, 0.25) is 0 Å². The van der Waals surface area contributed by atoms with Crippen molar-refractivity contribution in [3.05, 3.63) is 64.7 Å². The van der Waals surface area contributed by atoms with E-state index in [0.29, 0.717) is 0 Å². The van der Waals surface area contributed by atoms with Gasteiger partial charge in [-0.2, -0.15) is 0 Å². The van der Waals surface area contributed by atoms with Gasteiger partial charge in [0.1, 0.15) is 0 Å². The molecule has 3 rings (SSSR count). The summed E-state index contributed by atoms with van der Waals surface area (Å²) in [7, 11) is 0. The van der Waals surface area contributed by atoms with Crippen LogP contribution >= 0.6 is 0 Å². The Hall–Kier alpha value is -2.42. The Morgan fingerprint density at radius 1 is 1.06 bits per heavy atom. The summed E-state index contributed by atoms with van der Waals surface area (Å²) in [4.78, 5) is 18.8. The van der Waals surface area contributed by atoms with Crippen LogP contribution in [0.3, 0.4) is 0 Å². The van der Waals surface area contributed by atoms with E-state index >= 15 is 0 Å². The Bertz CT molecular complexity index is 760. The first-order valence-corrected chi connectivity index (χ1v) is 5.80. The van der Waals surface area contributed by atoms with Crippen molar-refractivity contribution in [1.29, 1.82) is 0 Å². The number of aryl methyl sites for hydroxylation is 1. The summed E-state index contributed by atoms with van der Waals surface area (Å²) in [6, 6.07) is 11.6. The van der Waals surface area contributed by atoms with Crippen LogP contribution in [-0.2, 0) is 0 Å². The SMILES string of the molecule is Cc1c(-c2ccccn2)ccc2c(=O)[nH]ccc12. The minimum absolute atomic E-state index is 0.0526. The number of pyridine rings is 2. The molecule has 0 spiro atoms.